The molecule has 5 rings (SSSR count). The zero-order chi connectivity index (χ0) is 23.6. The Bertz CT molecular complexity index is 908. The maximum absolute atomic E-state index is 13.9. The second-order valence-corrected chi connectivity index (χ2v) is 11.6. The minimum Gasteiger partial charge on any atom is -0.331 e. The lowest BCUT2D eigenvalue weighted by Gasteiger charge is -2.59. The first-order valence-electron chi connectivity index (χ1n) is 12.8. The standard InChI is InChI=1S/C27H38O6/c1-5-6-11-27(31-4)32-16-22(30)26(33-27)13-10-20-19-8-7-17-14-18(28)9-12-24(17,2)23(19)21(29)15-25(20,26)3/h14,19-20,23H,5-13,15-16H2,1-4H3/t19-,20-,23+,24-,25-,26-,27?/m0/s1. The van der Waals surface area contributed by atoms with Crippen molar-refractivity contribution in [1.29, 1.82) is 0 Å². The van der Waals surface area contributed by atoms with Crippen molar-refractivity contribution < 1.29 is 28.6 Å². The highest BCUT2D eigenvalue weighted by Gasteiger charge is 2.72. The summed E-state index contributed by atoms with van der Waals surface area (Å²) in [5.41, 5.74) is -0.673. The van der Waals surface area contributed by atoms with Gasteiger partial charge in [-0.2, -0.15) is 0 Å². The Morgan fingerprint density at radius 2 is 1.91 bits per heavy atom. The quantitative estimate of drug-likeness (QED) is 0.615. The number of rotatable bonds is 4. The molecule has 3 saturated carbocycles. The molecule has 0 aromatic carbocycles. The van der Waals surface area contributed by atoms with E-state index in [-0.39, 0.29) is 47.1 Å². The topological polar surface area (TPSA) is 78.9 Å². The van der Waals surface area contributed by atoms with Crippen LogP contribution in [0.1, 0.15) is 85.0 Å². The van der Waals surface area contributed by atoms with Crippen molar-refractivity contribution in [2.24, 2.45) is 28.6 Å². The van der Waals surface area contributed by atoms with E-state index >= 15 is 0 Å². The van der Waals surface area contributed by atoms with E-state index in [2.05, 4.69) is 20.8 Å². The first kappa shape index (κ1) is 23.4. The molecule has 0 radical (unpaired) electrons. The Balaban J connectivity index is 1.51. The number of hydrogen-bond donors (Lipinski definition) is 0. The summed E-state index contributed by atoms with van der Waals surface area (Å²) in [5, 5.41) is 0. The molecule has 0 aromatic rings. The summed E-state index contributed by atoms with van der Waals surface area (Å²) >= 11 is 0. The lowest BCUT2D eigenvalue weighted by Crippen LogP contribution is -2.67. The van der Waals surface area contributed by atoms with Crippen LogP contribution in [0.3, 0.4) is 0 Å². The Morgan fingerprint density at radius 3 is 2.64 bits per heavy atom. The molecule has 0 bridgehead atoms. The number of Topliss-reactive ketones (excluding diaryl/α,β-unsaturated/α-hetero) is 2. The van der Waals surface area contributed by atoms with Crippen LogP contribution >= 0.6 is 0 Å². The summed E-state index contributed by atoms with van der Waals surface area (Å²) in [6, 6.07) is 0. The Labute approximate surface area is 196 Å². The van der Waals surface area contributed by atoms with Gasteiger partial charge in [-0.15, -0.1) is 0 Å². The molecule has 6 heteroatoms. The Morgan fingerprint density at radius 1 is 1.12 bits per heavy atom. The van der Waals surface area contributed by atoms with E-state index in [1.54, 1.807) is 7.11 Å². The number of ether oxygens (including phenoxy) is 3. The van der Waals surface area contributed by atoms with Crippen molar-refractivity contribution in [3.05, 3.63) is 11.6 Å². The molecule has 4 aliphatic carbocycles. The normalized spacial score (nSPS) is 47.2. The summed E-state index contributed by atoms with van der Waals surface area (Å²) < 4.78 is 18.2. The molecule has 0 N–H and O–H groups in total. The largest absolute Gasteiger partial charge is 0.331 e. The number of carbonyl (C=O) groups excluding carboxylic acids is 3. The summed E-state index contributed by atoms with van der Waals surface area (Å²) in [4.78, 5) is 39.5. The molecule has 1 aliphatic heterocycles. The van der Waals surface area contributed by atoms with Gasteiger partial charge in [0.25, 0.3) is 5.97 Å². The van der Waals surface area contributed by atoms with Crippen LogP contribution in [0.15, 0.2) is 11.6 Å². The van der Waals surface area contributed by atoms with Crippen LogP contribution in [-0.4, -0.2) is 42.6 Å². The van der Waals surface area contributed by atoms with Crippen molar-refractivity contribution in [2.75, 3.05) is 13.7 Å². The predicted octanol–water partition coefficient (Wildman–Crippen LogP) is 4.54. The summed E-state index contributed by atoms with van der Waals surface area (Å²) in [6.45, 7) is 6.38. The Kier molecular flexibility index (Phi) is 5.54. The third kappa shape index (κ3) is 3.13. The summed E-state index contributed by atoms with van der Waals surface area (Å²) in [5.74, 6) is -0.452. The van der Waals surface area contributed by atoms with E-state index in [1.807, 2.05) is 6.08 Å². The minimum atomic E-state index is -1.22. The molecule has 5 aliphatic rings. The minimum absolute atomic E-state index is 0.0329. The number of carbonyl (C=O) groups is 3. The zero-order valence-electron chi connectivity index (χ0n) is 20.5. The highest BCUT2D eigenvalue weighted by atomic mass is 16.9. The monoisotopic (exact) mass is 458 g/mol. The van der Waals surface area contributed by atoms with Crippen molar-refractivity contribution in [2.45, 2.75) is 96.6 Å². The Hall–Kier alpha value is -1.37. The van der Waals surface area contributed by atoms with Gasteiger partial charge < -0.3 is 14.2 Å². The molecule has 1 unspecified atom stereocenters. The number of ketones is 3. The van der Waals surface area contributed by atoms with Gasteiger partial charge in [0, 0.05) is 37.7 Å². The molecule has 4 fully saturated rings. The number of methoxy groups -OCH3 is 1. The molecule has 0 amide bonds. The fourth-order valence-corrected chi connectivity index (χ4v) is 8.36. The maximum Gasteiger partial charge on any atom is 0.284 e. The smallest absolute Gasteiger partial charge is 0.284 e. The molecular weight excluding hydrogens is 420 g/mol. The van der Waals surface area contributed by atoms with E-state index in [4.69, 9.17) is 14.2 Å². The SMILES string of the molecule is CCCCC1(OC)OCC(=O)[C@]2(CC[C@H]3[C@@H]4CCC5=CC(=O)CC[C@]5(C)[C@H]4C(=O)C[C@@]32C)O1. The fraction of sp³-hybridized carbons (Fsp3) is 0.815. The molecule has 6 nitrogen and oxygen atoms in total. The van der Waals surface area contributed by atoms with Gasteiger partial charge in [0.05, 0.1) is 0 Å². The highest BCUT2D eigenvalue weighted by Crippen LogP contribution is 2.68. The van der Waals surface area contributed by atoms with Crippen molar-refractivity contribution in [3.8, 4) is 0 Å². The average molecular weight is 459 g/mol. The van der Waals surface area contributed by atoms with Gasteiger partial charge in [0.15, 0.2) is 11.6 Å². The molecule has 1 saturated heterocycles. The first-order chi connectivity index (χ1) is 15.6. The van der Waals surface area contributed by atoms with Gasteiger partial charge in [0.2, 0.25) is 0 Å². The lowest BCUT2D eigenvalue weighted by molar-refractivity contribution is -0.424. The van der Waals surface area contributed by atoms with Crippen LogP contribution in [-0.2, 0) is 28.6 Å². The molecule has 7 atom stereocenters. The van der Waals surface area contributed by atoms with Gasteiger partial charge in [-0.3, -0.25) is 14.4 Å². The molecule has 33 heavy (non-hydrogen) atoms. The van der Waals surface area contributed by atoms with Gasteiger partial charge >= 0.3 is 0 Å². The second kappa shape index (κ2) is 7.82. The van der Waals surface area contributed by atoms with Crippen LogP contribution < -0.4 is 0 Å². The van der Waals surface area contributed by atoms with E-state index in [1.165, 1.54) is 5.57 Å². The predicted molar refractivity (Wildman–Crippen MR) is 121 cm³/mol. The molecule has 0 aromatic heterocycles. The van der Waals surface area contributed by atoms with Crippen LogP contribution in [0, 0.1) is 28.6 Å². The fourth-order valence-electron chi connectivity index (χ4n) is 8.36. The van der Waals surface area contributed by atoms with Crippen LogP contribution in [0.4, 0.5) is 0 Å². The number of hydrogen-bond acceptors (Lipinski definition) is 6. The van der Waals surface area contributed by atoms with Crippen LogP contribution in [0.5, 0.6) is 0 Å². The van der Waals surface area contributed by atoms with Gasteiger partial charge in [-0.05, 0) is 61.9 Å². The van der Waals surface area contributed by atoms with Crippen molar-refractivity contribution >= 4 is 17.3 Å². The third-order valence-electron chi connectivity index (χ3n) is 10.1. The molecular formula is C27H38O6. The molecule has 182 valence electrons. The number of unbranched alkanes of at least 4 members (excludes halogenated alkanes) is 1. The highest BCUT2D eigenvalue weighted by molar-refractivity contribution is 5.95. The van der Waals surface area contributed by atoms with E-state index in [9.17, 15) is 14.4 Å². The third-order valence-corrected chi connectivity index (χ3v) is 10.1. The van der Waals surface area contributed by atoms with Crippen LogP contribution in [0.25, 0.3) is 0 Å². The second-order valence-electron chi connectivity index (χ2n) is 11.6. The molecule has 1 spiro atoms. The van der Waals surface area contributed by atoms with E-state index in [0.717, 1.165) is 38.5 Å². The first-order valence-corrected chi connectivity index (χ1v) is 12.8. The van der Waals surface area contributed by atoms with E-state index in [0.29, 0.717) is 25.7 Å². The summed E-state index contributed by atoms with van der Waals surface area (Å²) in [6.07, 6.45) is 9.10. The average Bonchev–Trinajstić information content (AvgIpc) is 3.07. The molecule has 1 heterocycles. The van der Waals surface area contributed by atoms with Gasteiger partial charge in [-0.25, -0.2) is 0 Å². The zero-order valence-corrected chi connectivity index (χ0v) is 20.5. The van der Waals surface area contributed by atoms with Crippen LogP contribution in [0.2, 0.25) is 0 Å². The van der Waals surface area contributed by atoms with Crippen molar-refractivity contribution in [1.82, 2.24) is 0 Å². The van der Waals surface area contributed by atoms with Crippen molar-refractivity contribution in [3.63, 3.8) is 0 Å². The lowest BCUT2D eigenvalue weighted by atomic mass is 9.45. The van der Waals surface area contributed by atoms with Gasteiger partial charge in [-0.1, -0.05) is 32.8 Å². The maximum atomic E-state index is 13.9. The van der Waals surface area contributed by atoms with E-state index < -0.39 is 17.0 Å². The summed E-state index contributed by atoms with van der Waals surface area (Å²) in [7, 11) is 1.58. The number of allylic oxidation sites excluding steroid dienone is 1. The van der Waals surface area contributed by atoms with Gasteiger partial charge in [0.1, 0.15) is 18.0 Å². The number of fused-ring (bicyclic) bond motifs is 6.